The molecule has 0 saturated carbocycles. The van der Waals surface area contributed by atoms with Gasteiger partial charge in [0.25, 0.3) is 0 Å². The molecule has 0 heterocycles. The molecule has 0 fully saturated rings. The van der Waals surface area contributed by atoms with Crippen LogP contribution in [0, 0.1) is 11.6 Å². The van der Waals surface area contributed by atoms with Crippen LogP contribution >= 0.6 is 0 Å². The van der Waals surface area contributed by atoms with E-state index in [1.54, 1.807) is 0 Å². The number of halogens is 2. The molecular formula is C9H9F2NO4S. The molecule has 0 amide bonds. The van der Waals surface area contributed by atoms with Gasteiger partial charge >= 0.3 is 5.97 Å². The number of hydrogen-bond acceptors (Lipinski definition) is 3. The Labute approximate surface area is 96.1 Å². The van der Waals surface area contributed by atoms with Crippen molar-refractivity contribution in [3.63, 3.8) is 0 Å². The van der Waals surface area contributed by atoms with Gasteiger partial charge in [0, 0.05) is 12.6 Å². The lowest BCUT2D eigenvalue weighted by atomic mass is 10.3. The van der Waals surface area contributed by atoms with Crippen LogP contribution in [0.2, 0.25) is 0 Å². The highest BCUT2D eigenvalue weighted by Crippen LogP contribution is 2.13. The molecule has 0 spiro atoms. The number of nitrogens with one attached hydrogen (secondary N) is 1. The molecule has 0 aliphatic heterocycles. The lowest BCUT2D eigenvalue weighted by Gasteiger charge is -2.05. The molecule has 1 aromatic rings. The van der Waals surface area contributed by atoms with Crippen LogP contribution in [-0.4, -0.2) is 26.0 Å². The lowest BCUT2D eigenvalue weighted by molar-refractivity contribution is -0.136. The summed E-state index contributed by atoms with van der Waals surface area (Å²) in [6.07, 6.45) is -0.420. The third-order valence-electron chi connectivity index (χ3n) is 1.78. The van der Waals surface area contributed by atoms with E-state index in [1.807, 2.05) is 4.72 Å². The number of carboxylic acid groups (broad SMARTS) is 1. The molecule has 0 aliphatic carbocycles. The van der Waals surface area contributed by atoms with Crippen LogP contribution in [0.15, 0.2) is 23.1 Å². The van der Waals surface area contributed by atoms with E-state index in [0.717, 1.165) is 0 Å². The predicted molar refractivity (Wildman–Crippen MR) is 53.8 cm³/mol. The molecule has 8 heteroatoms. The van der Waals surface area contributed by atoms with Crippen LogP contribution in [0.4, 0.5) is 8.78 Å². The minimum atomic E-state index is -4.09. The molecule has 0 unspecified atom stereocenters. The quantitative estimate of drug-likeness (QED) is 0.821. The summed E-state index contributed by atoms with van der Waals surface area (Å²) in [5, 5.41) is 8.31. The van der Waals surface area contributed by atoms with Gasteiger partial charge in [0.2, 0.25) is 10.0 Å². The zero-order valence-electron chi connectivity index (χ0n) is 8.48. The molecule has 2 N–H and O–H groups in total. The Bertz CT molecular complexity index is 510. The van der Waals surface area contributed by atoms with Crippen molar-refractivity contribution >= 4 is 16.0 Å². The van der Waals surface area contributed by atoms with Crippen molar-refractivity contribution in [1.29, 1.82) is 0 Å². The number of sulfonamides is 1. The highest BCUT2D eigenvalue weighted by molar-refractivity contribution is 7.89. The van der Waals surface area contributed by atoms with Gasteiger partial charge < -0.3 is 5.11 Å². The van der Waals surface area contributed by atoms with Crippen molar-refractivity contribution < 1.29 is 27.1 Å². The third kappa shape index (κ3) is 4.08. The number of rotatable bonds is 5. The van der Waals surface area contributed by atoms with E-state index in [-0.39, 0.29) is 6.54 Å². The van der Waals surface area contributed by atoms with Crippen LogP contribution in [0.3, 0.4) is 0 Å². The van der Waals surface area contributed by atoms with Crippen molar-refractivity contribution in [1.82, 2.24) is 4.72 Å². The van der Waals surface area contributed by atoms with Crippen molar-refractivity contribution in [2.75, 3.05) is 6.54 Å². The van der Waals surface area contributed by atoms with Gasteiger partial charge in [-0.1, -0.05) is 0 Å². The lowest BCUT2D eigenvalue weighted by Crippen LogP contribution is -2.26. The first-order valence-electron chi connectivity index (χ1n) is 4.49. The predicted octanol–water partition coefficient (Wildman–Crippen LogP) is 0.718. The Morgan fingerprint density at radius 2 is 1.76 bits per heavy atom. The Balaban J connectivity index is 2.86. The van der Waals surface area contributed by atoms with Crippen LogP contribution in [0.1, 0.15) is 6.42 Å². The summed E-state index contributed by atoms with van der Waals surface area (Å²) < 4.78 is 50.4. The number of hydrogen-bond donors (Lipinski definition) is 2. The average Bonchev–Trinajstić information content (AvgIpc) is 2.14. The second-order valence-corrected chi connectivity index (χ2v) is 4.91. The fraction of sp³-hybridized carbons (Fsp3) is 0.222. The number of carboxylic acids is 1. The van der Waals surface area contributed by atoms with Crippen molar-refractivity contribution in [3.05, 3.63) is 29.8 Å². The summed E-state index contributed by atoms with van der Waals surface area (Å²) in [5.41, 5.74) is 0. The molecule has 94 valence electrons. The van der Waals surface area contributed by atoms with Gasteiger partial charge in [-0.05, 0) is 12.1 Å². The maximum atomic E-state index is 12.8. The number of aliphatic carboxylic acids is 1. The Morgan fingerprint density at radius 3 is 2.24 bits per heavy atom. The Kier molecular flexibility index (Phi) is 4.13. The summed E-state index contributed by atoms with van der Waals surface area (Å²) in [5.74, 6) is -3.23. The van der Waals surface area contributed by atoms with Gasteiger partial charge in [-0.15, -0.1) is 0 Å². The summed E-state index contributed by atoms with van der Waals surface area (Å²) in [4.78, 5) is 9.59. The van der Waals surface area contributed by atoms with Crippen molar-refractivity contribution in [2.45, 2.75) is 11.3 Å². The molecule has 0 atom stereocenters. The van der Waals surface area contributed by atoms with E-state index in [1.165, 1.54) is 0 Å². The maximum Gasteiger partial charge on any atom is 0.304 e. The van der Waals surface area contributed by atoms with E-state index < -0.39 is 38.9 Å². The molecule has 1 rings (SSSR count). The zero-order chi connectivity index (χ0) is 13.1. The first kappa shape index (κ1) is 13.5. The zero-order valence-corrected chi connectivity index (χ0v) is 9.30. The fourth-order valence-electron chi connectivity index (χ4n) is 1.06. The number of benzene rings is 1. The second-order valence-electron chi connectivity index (χ2n) is 3.15. The van der Waals surface area contributed by atoms with Gasteiger partial charge in [-0.2, -0.15) is 0 Å². The van der Waals surface area contributed by atoms with E-state index in [2.05, 4.69) is 0 Å². The molecular weight excluding hydrogens is 256 g/mol. The standard InChI is InChI=1S/C9H9F2NO4S/c10-6-3-7(11)5-8(4-6)17(15,16)12-2-1-9(13)14/h3-5,12H,1-2H2,(H,13,14). The highest BCUT2D eigenvalue weighted by atomic mass is 32.2. The minimum absolute atomic E-state index is 0.351. The Morgan fingerprint density at radius 1 is 1.24 bits per heavy atom. The molecule has 0 saturated heterocycles. The van der Waals surface area contributed by atoms with Gasteiger partial charge in [0.1, 0.15) is 11.6 Å². The SMILES string of the molecule is O=C(O)CCNS(=O)(=O)c1cc(F)cc(F)c1. The van der Waals surface area contributed by atoms with Gasteiger partial charge in [0.15, 0.2) is 0 Å². The average molecular weight is 265 g/mol. The fourth-order valence-corrected chi connectivity index (χ4v) is 2.13. The monoisotopic (exact) mass is 265 g/mol. The molecule has 0 bridgehead atoms. The van der Waals surface area contributed by atoms with Crippen LogP contribution in [0.5, 0.6) is 0 Å². The summed E-state index contributed by atoms with van der Waals surface area (Å²) in [6, 6.07) is 1.83. The summed E-state index contributed by atoms with van der Waals surface area (Å²) in [6.45, 7) is -0.351. The smallest absolute Gasteiger partial charge is 0.304 e. The minimum Gasteiger partial charge on any atom is -0.481 e. The molecule has 0 aromatic heterocycles. The van der Waals surface area contributed by atoms with Gasteiger partial charge in [-0.25, -0.2) is 21.9 Å². The van der Waals surface area contributed by atoms with Crippen LogP contribution < -0.4 is 4.72 Å². The van der Waals surface area contributed by atoms with E-state index in [0.29, 0.717) is 18.2 Å². The highest BCUT2D eigenvalue weighted by Gasteiger charge is 2.16. The van der Waals surface area contributed by atoms with E-state index >= 15 is 0 Å². The van der Waals surface area contributed by atoms with Crippen molar-refractivity contribution in [2.24, 2.45) is 0 Å². The van der Waals surface area contributed by atoms with E-state index in [9.17, 15) is 22.0 Å². The topological polar surface area (TPSA) is 83.5 Å². The summed E-state index contributed by atoms with van der Waals surface area (Å²) >= 11 is 0. The van der Waals surface area contributed by atoms with E-state index in [4.69, 9.17) is 5.11 Å². The van der Waals surface area contributed by atoms with Crippen molar-refractivity contribution in [3.8, 4) is 0 Å². The second kappa shape index (κ2) is 5.19. The maximum absolute atomic E-state index is 12.8. The molecule has 17 heavy (non-hydrogen) atoms. The van der Waals surface area contributed by atoms with Crippen LogP contribution in [0.25, 0.3) is 0 Å². The van der Waals surface area contributed by atoms with Crippen LogP contribution in [-0.2, 0) is 14.8 Å². The van der Waals surface area contributed by atoms with Gasteiger partial charge in [-0.3, -0.25) is 4.79 Å². The first-order chi connectivity index (χ1) is 7.81. The largest absolute Gasteiger partial charge is 0.481 e. The molecule has 1 aromatic carbocycles. The molecule has 5 nitrogen and oxygen atoms in total. The first-order valence-corrected chi connectivity index (χ1v) is 5.97. The Hall–Kier alpha value is -1.54. The van der Waals surface area contributed by atoms with Gasteiger partial charge in [0.05, 0.1) is 11.3 Å². The number of carbonyl (C=O) groups is 1. The third-order valence-corrected chi connectivity index (χ3v) is 3.22. The molecule has 0 aliphatic rings. The summed E-state index contributed by atoms with van der Waals surface area (Å²) in [7, 11) is -4.09. The molecule has 0 radical (unpaired) electrons. The normalized spacial score (nSPS) is 11.4.